The Morgan fingerprint density at radius 2 is 1.86 bits per heavy atom. The van der Waals surface area contributed by atoms with Crippen LogP contribution in [0, 0.1) is 6.92 Å². The summed E-state index contributed by atoms with van der Waals surface area (Å²) >= 11 is 0. The van der Waals surface area contributed by atoms with E-state index in [1.54, 1.807) is 12.1 Å². The van der Waals surface area contributed by atoms with Gasteiger partial charge in [0.2, 0.25) is 5.91 Å². The van der Waals surface area contributed by atoms with Gasteiger partial charge in [0.05, 0.1) is 12.5 Å². The largest absolute Gasteiger partial charge is 0.480 e. The van der Waals surface area contributed by atoms with Crippen LogP contribution in [0.5, 0.6) is 0 Å². The second-order valence-electron chi connectivity index (χ2n) is 4.75. The summed E-state index contributed by atoms with van der Waals surface area (Å²) in [6, 6.07) is 4.91. The molecule has 0 spiro atoms. The molecule has 3 amide bonds. The number of urea groups is 1. The Kier molecular flexibility index (Phi) is 5.71. The van der Waals surface area contributed by atoms with Gasteiger partial charge >= 0.3 is 12.0 Å². The minimum absolute atomic E-state index is 0.0919. The summed E-state index contributed by atoms with van der Waals surface area (Å²) in [7, 11) is 0. The third-order valence-corrected chi connectivity index (χ3v) is 3.02. The van der Waals surface area contributed by atoms with Gasteiger partial charge in [-0.1, -0.05) is 24.3 Å². The molecule has 0 saturated heterocycles. The molecule has 0 aliphatic heterocycles. The van der Waals surface area contributed by atoms with Crippen LogP contribution >= 0.6 is 0 Å². The molecule has 0 heterocycles. The maximum Gasteiger partial charge on any atom is 0.325 e. The predicted octanol–water partition coefficient (Wildman–Crippen LogP) is 0.684. The van der Waals surface area contributed by atoms with E-state index in [4.69, 9.17) is 10.8 Å². The number of hydrogen-bond acceptors (Lipinski definition) is 3. The lowest BCUT2D eigenvalue weighted by Gasteiger charge is -2.20. The highest BCUT2D eigenvalue weighted by molar-refractivity contribution is 5.84. The van der Waals surface area contributed by atoms with Crippen LogP contribution in [0.1, 0.15) is 30.5 Å². The lowest BCUT2D eigenvalue weighted by Crippen LogP contribution is -2.41. The van der Waals surface area contributed by atoms with Gasteiger partial charge in [0, 0.05) is 0 Å². The second-order valence-corrected chi connectivity index (χ2v) is 4.75. The third kappa shape index (κ3) is 5.13. The minimum Gasteiger partial charge on any atom is -0.480 e. The van der Waals surface area contributed by atoms with Gasteiger partial charge in [0.25, 0.3) is 0 Å². The molecule has 1 aromatic carbocycles. The number of hydrogen-bond donors (Lipinski definition) is 4. The monoisotopic (exact) mass is 293 g/mol. The number of nitrogens with one attached hydrogen (secondary N) is 2. The van der Waals surface area contributed by atoms with Crippen molar-refractivity contribution < 1.29 is 19.5 Å². The number of carbonyl (C=O) groups is 3. The first-order chi connectivity index (χ1) is 9.81. The van der Waals surface area contributed by atoms with Crippen molar-refractivity contribution in [1.82, 2.24) is 10.6 Å². The molecule has 5 N–H and O–H groups in total. The van der Waals surface area contributed by atoms with Gasteiger partial charge in [-0.15, -0.1) is 0 Å². The standard InChI is InChI=1S/C14H19N3O4/c1-8-5-3-4-6-10(8)11(17-14(15)21)7-12(18)16-9(2)13(19)20/h3-6,9,11H,7H2,1-2H3,(H,16,18)(H,19,20)(H3,15,17,21)/t9-,11?/m0/s1. The van der Waals surface area contributed by atoms with Gasteiger partial charge in [0.15, 0.2) is 0 Å². The van der Waals surface area contributed by atoms with Crippen molar-refractivity contribution in [2.24, 2.45) is 5.73 Å². The third-order valence-electron chi connectivity index (χ3n) is 3.02. The van der Waals surface area contributed by atoms with E-state index in [9.17, 15) is 14.4 Å². The molecule has 21 heavy (non-hydrogen) atoms. The molecule has 1 unspecified atom stereocenters. The summed E-state index contributed by atoms with van der Waals surface area (Å²) in [5, 5.41) is 13.6. The highest BCUT2D eigenvalue weighted by atomic mass is 16.4. The fraction of sp³-hybridized carbons (Fsp3) is 0.357. The molecule has 0 radical (unpaired) electrons. The Balaban J connectivity index is 2.85. The predicted molar refractivity (Wildman–Crippen MR) is 76.5 cm³/mol. The molecule has 1 rings (SSSR count). The molecule has 7 heteroatoms. The molecule has 0 aliphatic rings. The van der Waals surface area contributed by atoms with Crippen molar-refractivity contribution in [2.45, 2.75) is 32.4 Å². The number of aryl methyl sites for hydroxylation is 1. The van der Waals surface area contributed by atoms with Gasteiger partial charge in [-0.25, -0.2) is 4.79 Å². The van der Waals surface area contributed by atoms with E-state index < -0.39 is 30.0 Å². The minimum atomic E-state index is -1.13. The van der Waals surface area contributed by atoms with Crippen molar-refractivity contribution in [1.29, 1.82) is 0 Å². The van der Waals surface area contributed by atoms with E-state index in [1.165, 1.54) is 6.92 Å². The van der Waals surface area contributed by atoms with E-state index in [-0.39, 0.29) is 6.42 Å². The van der Waals surface area contributed by atoms with Crippen molar-refractivity contribution in [3.63, 3.8) is 0 Å². The van der Waals surface area contributed by atoms with E-state index in [2.05, 4.69) is 10.6 Å². The molecule has 1 aromatic rings. The summed E-state index contributed by atoms with van der Waals surface area (Å²) in [6.45, 7) is 3.22. The van der Waals surface area contributed by atoms with Crippen LogP contribution < -0.4 is 16.4 Å². The van der Waals surface area contributed by atoms with Crippen molar-refractivity contribution >= 4 is 17.9 Å². The molecule has 2 atom stereocenters. The smallest absolute Gasteiger partial charge is 0.325 e. The van der Waals surface area contributed by atoms with Crippen molar-refractivity contribution in [3.8, 4) is 0 Å². The summed E-state index contributed by atoms with van der Waals surface area (Å²) in [5.41, 5.74) is 6.79. The van der Waals surface area contributed by atoms with Gasteiger partial charge in [-0.3, -0.25) is 9.59 Å². The number of rotatable bonds is 6. The molecule has 0 saturated carbocycles. The lowest BCUT2D eigenvalue weighted by atomic mass is 9.98. The van der Waals surface area contributed by atoms with E-state index >= 15 is 0 Å². The van der Waals surface area contributed by atoms with Gasteiger partial charge in [-0.05, 0) is 25.0 Å². The van der Waals surface area contributed by atoms with E-state index in [0.29, 0.717) is 0 Å². The average molecular weight is 293 g/mol. The van der Waals surface area contributed by atoms with Crippen molar-refractivity contribution in [2.75, 3.05) is 0 Å². The average Bonchev–Trinajstić information content (AvgIpc) is 2.37. The normalized spacial score (nSPS) is 13.0. The first-order valence-electron chi connectivity index (χ1n) is 6.45. The molecule has 0 bridgehead atoms. The second kappa shape index (κ2) is 7.28. The molecular weight excluding hydrogens is 274 g/mol. The van der Waals surface area contributed by atoms with Crippen molar-refractivity contribution in [3.05, 3.63) is 35.4 Å². The summed E-state index contributed by atoms with van der Waals surface area (Å²) < 4.78 is 0. The zero-order chi connectivity index (χ0) is 16.0. The van der Waals surface area contributed by atoms with E-state index in [1.807, 2.05) is 19.1 Å². The van der Waals surface area contributed by atoms with E-state index in [0.717, 1.165) is 11.1 Å². The quantitative estimate of drug-likeness (QED) is 0.616. The number of amides is 3. The Bertz CT molecular complexity index is 545. The Morgan fingerprint density at radius 3 is 2.38 bits per heavy atom. The fourth-order valence-electron chi connectivity index (χ4n) is 1.94. The zero-order valence-electron chi connectivity index (χ0n) is 11.9. The molecule has 0 aliphatic carbocycles. The highest BCUT2D eigenvalue weighted by Crippen LogP contribution is 2.20. The number of aliphatic carboxylic acids is 1. The van der Waals surface area contributed by atoms with Crippen LogP contribution in [-0.2, 0) is 9.59 Å². The Hall–Kier alpha value is -2.57. The van der Waals surface area contributed by atoms with Gasteiger partial charge in [-0.2, -0.15) is 0 Å². The number of carboxylic acid groups (broad SMARTS) is 1. The van der Waals surface area contributed by atoms with Crippen LogP contribution in [0.3, 0.4) is 0 Å². The first-order valence-corrected chi connectivity index (χ1v) is 6.45. The summed E-state index contributed by atoms with van der Waals surface area (Å²) in [5.74, 6) is -1.61. The molecule has 0 fully saturated rings. The first kappa shape index (κ1) is 16.5. The SMILES string of the molecule is Cc1ccccc1C(CC(=O)N[C@@H](C)C(=O)O)NC(N)=O. The Labute approximate surface area is 122 Å². The van der Waals surface area contributed by atoms with Crippen LogP contribution in [-0.4, -0.2) is 29.1 Å². The molecule has 0 aromatic heterocycles. The highest BCUT2D eigenvalue weighted by Gasteiger charge is 2.21. The van der Waals surface area contributed by atoms with Crippen LogP contribution in [0.25, 0.3) is 0 Å². The number of benzene rings is 1. The molecule has 7 nitrogen and oxygen atoms in total. The maximum atomic E-state index is 11.9. The Morgan fingerprint density at radius 1 is 1.24 bits per heavy atom. The topological polar surface area (TPSA) is 122 Å². The van der Waals surface area contributed by atoms with Crippen LogP contribution in [0.15, 0.2) is 24.3 Å². The number of nitrogens with two attached hydrogens (primary N) is 1. The van der Waals surface area contributed by atoms with Crippen LogP contribution in [0.2, 0.25) is 0 Å². The lowest BCUT2D eigenvalue weighted by molar-refractivity contribution is -0.141. The number of primary amides is 1. The molecular formula is C14H19N3O4. The number of carbonyl (C=O) groups excluding carboxylic acids is 2. The van der Waals surface area contributed by atoms with Gasteiger partial charge < -0.3 is 21.5 Å². The molecule has 114 valence electrons. The fourth-order valence-corrected chi connectivity index (χ4v) is 1.94. The van der Waals surface area contributed by atoms with Gasteiger partial charge in [0.1, 0.15) is 6.04 Å². The summed E-state index contributed by atoms with van der Waals surface area (Å²) in [6.07, 6.45) is -0.0919. The maximum absolute atomic E-state index is 11.9. The number of carboxylic acids is 1. The summed E-state index contributed by atoms with van der Waals surface area (Å²) in [4.78, 5) is 33.7. The van der Waals surface area contributed by atoms with Crippen LogP contribution in [0.4, 0.5) is 4.79 Å². The zero-order valence-corrected chi connectivity index (χ0v) is 11.9.